The lowest BCUT2D eigenvalue weighted by Crippen LogP contribution is -1.96. The van der Waals surface area contributed by atoms with Crippen LogP contribution in [0.15, 0.2) is 82.3 Å². The molecule has 0 amide bonds. The van der Waals surface area contributed by atoms with Crippen molar-refractivity contribution in [3.8, 4) is 5.75 Å². The molecule has 3 aromatic carbocycles. The number of rotatable bonds is 6. The topological polar surface area (TPSA) is 21.6 Å². The normalized spacial score (nSPS) is 11.0. The van der Waals surface area contributed by atoms with E-state index < -0.39 is 0 Å². The van der Waals surface area contributed by atoms with Crippen molar-refractivity contribution in [3.63, 3.8) is 0 Å². The maximum Gasteiger partial charge on any atom is 0.134 e. The minimum atomic E-state index is 0.552. The van der Waals surface area contributed by atoms with Gasteiger partial charge in [0.1, 0.15) is 12.4 Å². The minimum Gasteiger partial charge on any atom is -0.488 e. The molecule has 126 valence electrons. The maximum atomic E-state index is 5.87. The molecular weight excluding hydrogens is 374 g/mol. The van der Waals surface area contributed by atoms with Gasteiger partial charge in [-0.2, -0.15) is 0 Å². The summed E-state index contributed by atoms with van der Waals surface area (Å²) in [6, 6.07) is 24.4. The average Bonchev–Trinajstić information content (AvgIpc) is 2.67. The van der Waals surface area contributed by atoms with E-state index in [-0.39, 0.29) is 0 Å². The van der Waals surface area contributed by atoms with E-state index in [2.05, 4.69) is 52.1 Å². The van der Waals surface area contributed by atoms with Crippen molar-refractivity contribution in [2.24, 2.45) is 4.99 Å². The molecule has 3 heteroatoms. The van der Waals surface area contributed by atoms with Crippen molar-refractivity contribution in [2.45, 2.75) is 20.0 Å². The number of halogens is 1. The summed E-state index contributed by atoms with van der Waals surface area (Å²) in [4.78, 5) is 4.53. The highest BCUT2D eigenvalue weighted by Gasteiger charge is 2.02. The Labute approximate surface area is 157 Å². The number of benzene rings is 3. The van der Waals surface area contributed by atoms with Gasteiger partial charge in [-0.25, -0.2) is 0 Å². The van der Waals surface area contributed by atoms with Gasteiger partial charge in [0.15, 0.2) is 0 Å². The Hall–Kier alpha value is -2.39. The highest BCUT2D eigenvalue weighted by molar-refractivity contribution is 9.10. The standard InChI is InChI=1S/C22H20BrNO/c1-2-17-8-11-20(12-9-17)24-15-19-10-13-22(21(23)14-19)25-16-18-6-4-3-5-7-18/h3-15H,2,16H2,1H3. The van der Waals surface area contributed by atoms with Crippen LogP contribution in [0.1, 0.15) is 23.6 Å². The molecule has 3 rings (SSSR count). The molecule has 2 nitrogen and oxygen atoms in total. The summed E-state index contributed by atoms with van der Waals surface area (Å²) in [5, 5.41) is 0. The highest BCUT2D eigenvalue weighted by atomic mass is 79.9. The third-order valence-electron chi connectivity index (χ3n) is 3.90. The second kappa shape index (κ2) is 8.63. The Bertz CT molecular complexity index is 842. The van der Waals surface area contributed by atoms with Gasteiger partial charge in [0.05, 0.1) is 10.2 Å². The lowest BCUT2D eigenvalue weighted by atomic mass is 10.1. The molecule has 3 aromatic rings. The second-order valence-electron chi connectivity index (χ2n) is 5.74. The zero-order chi connectivity index (χ0) is 17.5. The number of ether oxygens (including phenoxy) is 1. The molecule has 0 fully saturated rings. The quantitative estimate of drug-likeness (QED) is 0.447. The van der Waals surface area contributed by atoms with Crippen LogP contribution in [0.2, 0.25) is 0 Å². The zero-order valence-corrected chi connectivity index (χ0v) is 15.7. The smallest absolute Gasteiger partial charge is 0.134 e. The van der Waals surface area contributed by atoms with Crippen LogP contribution in [0.3, 0.4) is 0 Å². The molecule has 0 aliphatic heterocycles. The first-order valence-corrected chi connectivity index (χ1v) is 9.13. The summed E-state index contributed by atoms with van der Waals surface area (Å²) in [7, 11) is 0. The summed E-state index contributed by atoms with van der Waals surface area (Å²) in [5.41, 5.74) is 4.45. The van der Waals surface area contributed by atoms with E-state index in [1.165, 1.54) is 5.56 Å². The summed E-state index contributed by atoms with van der Waals surface area (Å²) in [5.74, 6) is 0.827. The predicted molar refractivity (Wildman–Crippen MR) is 108 cm³/mol. The molecule has 0 spiro atoms. The molecule has 0 aliphatic rings. The van der Waals surface area contributed by atoms with Gasteiger partial charge in [-0.1, -0.05) is 49.4 Å². The first-order chi connectivity index (χ1) is 12.2. The Morgan fingerprint density at radius 3 is 2.36 bits per heavy atom. The van der Waals surface area contributed by atoms with Gasteiger partial charge >= 0.3 is 0 Å². The van der Waals surface area contributed by atoms with Crippen molar-refractivity contribution in [2.75, 3.05) is 0 Å². The monoisotopic (exact) mass is 393 g/mol. The lowest BCUT2D eigenvalue weighted by molar-refractivity contribution is 0.304. The predicted octanol–water partition coefficient (Wildman–Crippen LogP) is 6.34. The van der Waals surface area contributed by atoms with Gasteiger partial charge < -0.3 is 4.74 Å². The molecule has 0 N–H and O–H groups in total. The molecular formula is C22H20BrNO. The van der Waals surface area contributed by atoms with E-state index in [1.807, 2.05) is 54.7 Å². The van der Waals surface area contributed by atoms with Crippen LogP contribution >= 0.6 is 15.9 Å². The Morgan fingerprint density at radius 1 is 0.920 bits per heavy atom. The number of hydrogen-bond acceptors (Lipinski definition) is 2. The third kappa shape index (κ3) is 5.04. The molecule has 0 aliphatic carbocycles. The van der Waals surface area contributed by atoms with Gasteiger partial charge in [0.2, 0.25) is 0 Å². The van der Waals surface area contributed by atoms with E-state index in [1.54, 1.807) is 0 Å². The molecule has 0 heterocycles. The van der Waals surface area contributed by atoms with E-state index >= 15 is 0 Å². The average molecular weight is 394 g/mol. The van der Waals surface area contributed by atoms with Crippen molar-refractivity contribution in [1.29, 1.82) is 0 Å². The van der Waals surface area contributed by atoms with Gasteiger partial charge in [0, 0.05) is 6.21 Å². The van der Waals surface area contributed by atoms with Crippen LogP contribution in [-0.2, 0) is 13.0 Å². The van der Waals surface area contributed by atoms with Crippen LogP contribution in [0.5, 0.6) is 5.75 Å². The molecule has 0 saturated carbocycles. The number of nitrogens with zero attached hydrogens (tertiary/aromatic N) is 1. The molecule has 0 bridgehead atoms. The van der Waals surface area contributed by atoms with Gasteiger partial charge in [-0.15, -0.1) is 0 Å². The maximum absolute atomic E-state index is 5.87. The van der Waals surface area contributed by atoms with Crippen molar-refractivity contribution in [3.05, 3.63) is 94.0 Å². The Morgan fingerprint density at radius 2 is 1.68 bits per heavy atom. The van der Waals surface area contributed by atoms with Crippen LogP contribution in [0, 0.1) is 0 Å². The van der Waals surface area contributed by atoms with Gasteiger partial charge in [-0.3, -0.25) is 4.99 Å². The fraction of sp³-hybridized carbons (Fsp3) is 0.136. The largest absolute Gasteiger partial charge is 0.488 e. The first-order valence-electron chi connectivity index (χ1n) is 8.34. The molecule has 0 unspecified atom stereocenters. The molecule has 0 saturated heterocycles. The summed E-state index contributed by atoms with van der Waals surface area (Å²) in [6.07, 6.45) is 2.91. The number of hydrogen-bond donors (Lipinski definition) is 0. The van der Waals surface area contributed by atoms with Crippen LogP contribution in [-0.4, -0.2) is 6.21 Å². The summed E-state index contributed by atoms with van der Waals surface area (Å²) < 4.78 is 6.80. The number of aliphatic imine (C=N–C) groups is 1. The first kappa shape index (κ1) is 17.4. The fourth-order valence-corrected chi connectivity index (χ4v) is 2.93. The lowest BCUT2D eigenvalue weighted by Gasteiger charge is -2.08. The van der Waals surface area contributed by atoms with Crippen LogP contribution in [0.25, 0.3) is 0 Å². The van der Waals surface area contributed by atoms with Crippen molar-refractivity contribution < 1.29 is 4.74 Å². The fourth-order valence-electron chi connectivity index (χ4n) is 2.42. The van der Waals surface area contributed by atoms with E-state index in [9.17, 15) is 0 Å². The Balaban J connectivity index is 1.65. The molecule has 0 radical (unpaired) electrons. The molecule has 0 atom stereocenters. The zero-order valence-electron chi connectivity index (χ0n) is 14.2. The van der Waals surface area contributed by atoms with Crippen LogP contribution < -0.4 is 4.74 Å². The number of aryl methyl sites for hydroxylation is 1. The third-order valence-corrected chi connectivity index (χ3v) is 4.52. The highest BCUT2D eigenvalue weighted by Crippen LogP contribution is 2.26. The van der Waals surface area contributed by atoms with E-state index in [0.29, 0.717) is 6.61 Å². The van der Waals surface area contributed by atoms with Crippen molar-refractivity contribution in [1.82, 2.24) is 0 Å². The Kier molecular flexibility index (Phi) is 6.02. The minimum absolute atomic E-state index is 0.552. The van der Waals surface area contributed by atoms with Crippen LogP contribution in [0.4, 0.5) is 5.69 Å². The summed E-state index contributed by atoms with van der Waals surface area (Å²) in [6.45, 7) is 2.70. The van der Waals surface area contributed by atoms with E-state index in [4.69, 9.17) is 4.74 Å². The van der Waals surface area contributed by atoms with Gasteiger partial charge in [0.25, 0.3) is 0 Å². The summed E-state index contributed by atoms with van der Waals surface area (Å²) >= 11 is 3.58. The van der Waals surface area contributed by atoms with E-state index in [0.717, 1.165) is 33.5 Å². The van der Waals surface area contributed by atoms with Crippen molar-refractivity contribution >= 4 is 27.8 Å². The molecule has 0 aromatic heterocycles. The van der Waals surface area contributed by atoms with Gasteiger partial charge in [-0.05, 0) is 69.4 Å². The SMILES string of the molecule is CCc1ccc(N=Cc2ccc(OCc3ccccc3)c(Br)c2)cc1. The second-order valence-corrected chi connectivity index (χ2v) is 6.60. The molecule has 25 heavy (non-hydrogen) atoms.